The van der Waals surface area contributed by atoms with Gasteiger partial charge in [0.05, 0.1) is 12.7 Å². The van der Waals surface area contributed by atoms with E-state index >= 15 is 0 Å². The zero-order valence-electron chi connectivity index (χ0n) is 14.5. The summed E-state index contributed by atoms with van der Waals surface area (Å²) in [5.41, 5.74) is 6.55. The monoisotopic (exact) mass is 351 g/mol. The second kappa shape index (κ2) is 8.37. The minimum Gasteiger partial charge on any atom is -0.394 e. The molecule has 0 radical (unpaired) electrons. The molecule has 1 aliphatic heterocycles. The summed E-state index contributed by atoms with van der Waals surface area (Å²) in [5, 5.41) is 19.0. The summed E-state index contributed by atoms with van der Waals surface area (Å²) in [7, 11) is 0. The van der Waals surface area contributed by atoms with E-state index in [1.54, 1.807) is 6.08 Å². The van der Waals surface area contributed by atoms with Crippen LogP contribution in [0.2, 0.25) is 0 Å². The van der Waals surface area contributed by atoms with Crippen LogP contribution in [0, 0.1) is 0 Å². The molecule has 0 bridgehead atoms. The predicted octanol–water partition coefficient (Wildman–Crippen LogP) is 0.629. The third-order valence-corrected chi connectivity index (χ3v) is 4.11. The number of aliphatic hydroxyl groups is 2. The van der Waals surface area contributed by atoms with E-state index in [9.17, 15) is 14.7 Å². The van der Waals surface area contributed by atoms with Crippen molar-refractivity contribution in [1.82, 2.24) is 9.55 Å². The van der Waals surface area contributed by atoms with Gasteiger partial charge in [0.2, 0.25) is 0 Å². The van der Waals surface area contributed by atoms with Crippen LogP contribution in [0.1, 0.15) is 51.3 Å². The van der Waals surface area contributed by atoms with Crippen molar-refractivity contribution in [2.24, 2.45) is 0 Å². The molecule has 1 fully saturated rings. The molecule has 0 aliphatic carbocycles. The molecule has 8 nitrogen and oxygen atoms in total. The van der Waals surface area contributed by atoms with Gasteiger partial charge in [-0.25, -0.2) is 4.79 Å². The Morgan fingerprint density at radius 1 is 1.56 bits per heavy atom. The molecule has 0 spiro atoms. The van der Waals surface area contributed by atoms with Crippen LogP contribution in [0.25, 0.3) is 6.08 Å². The van der Waals surface area contributed by atoms with Crippen LogP contribution in [0.5, 0.6) is 0 Å². The van der Waals surface area contributed by atoms with Crippen molar-refractivity contribution in [3.05, 3.63) is 27.8 Å². The van der Waals surface area contributed by atoms with Crippen molar-refractivity contribution >= 4 is 17.7 Å². The van der Waals surface area contributed by atoms with Gasteiger partial charge >= 0.3 is 5.69 Å². The van der Waals surface area contributed by atoms with Crippen molar-refractivity contribution in [2.75, 3.05) is 12.3 Å². The van der Waals surface area contributed by atoms with Gasteiger partial charge in [-0.2, -0.15) is 4.98 Å². The topological polar surface area (TPSA) is 128 Å². The van der Waals surface area contributed by atoms with Gasteiger partial charge in [-0.15, -0.1) is 0 Å². The molecule has 1 aromatic heterocycles. The van der Waals surface area contributed by atoms with Gasteiger partial charge in [0, 0.05) is 31.0 Å². The fourth-order valence-electron chi connectivity index (χ4n) is 2.86. The third-order valence-electron chi connectivity index (χ3n) is 4.11. The fraction of sp³-hybridized carbons (Fsp3) is 0.588. The van der Waals surface area contributed by atoms with Crippen molar-refractivity contribution in [2.45, 2.75) is 58.0 Å². The summed E-state index contributed by atoms with van der Waals surface area (Å²) in [6, 6.07) is 0. The van der Waals surface area contributed by atoms with Crippen molar-refractivity contribution in [1.29, 1.82) is 0 Å². The van der Waals surface area contributed by atoms with Crippen LogP contribution in [-0.2, 0) is 9.53 Å². The molecule has 1 unspecified atom stereocenters. The summed E-state index contributed by atoms with van der Waals surface area (Å²) in [6.07, 6.45) is 2.74. The Morgan fingerprint density at radius 2 is 2.28 bits per heavy atom. The molecular weight excluding hydrogens is 326 g/mol. The number of ether oxygens (including phenoxy) is 1. The van der Waals surface area contributed by atoms with Crippen molar-refractivity contribution in [3.8, 4) is 0 Å². The lowest BCUT2D eigenvalue weighted by Crippen LogP contribution is -2.28. The van der Waals surface area contributed by atoms with E-state index in [-0.39, 0.29) is 24.6 Å². The number of aromatic nitrogens is 2. The second-order valence-electron chi connectivity index (χ2n) is 6.34. The average Bonchev–Trinajstić information content (AvgIpc) is 2.90. The quantitative estimate of drug-likeness (QED) is 0.657. The maximum Gasteiger partial charge on any atom is 0.351 e. The Hall–Kier alpha value is -2.03. The highest BCUT2D eigenvalue weighted by molar-refractivity contribution is 5.82. The fourth-order valence-corrected chi connectivity index (χ4v) is 2.86. The lowest BCUT2D eigenvalue weighted by Gasteiger charge is -2.15. The molecule has 138 valence electrons. The summed E-state index contributed by atoms with van der Waals surface area (Å²) in [6.45, 7) is 3.44. The van der Waals surface area contributed by atoms with E-state index in [4.69, 9.17) is 15.6 Å². The molecule has 4 N–H and O–H groups in total. The lowest BCUT2D eigenvalue weighted by molar-refractivity contribution is -0.118. The summed E-state index contributed by atoms with van der Waals surface area (Å²) >= 11 is 0. The van der Waals surface area contributed by atoms with E-state index < -0.39 is 24.1 Å². The van der Waals surface area contributed by atoms with Gasteiger partial charge in [0.15, 0.2) is 0 Å². The molecule has 0 saturated carbocycles. The van der Waals surface area contributed by atoms with Gasteiger partial charge in [-0.1, -0.05) is 18.6 Å². The number of ketones is 1. The number of carbonyl (C=O) groups is 1. The van der Waals surface area contributed by atoms with Gasteiger partial charge in [0.1, 0.15) is 23.9 Å². The zero-order valence-corrected chi connectivity index (χ0v) is 14.5. The number of Topliss-reactive ketones (excluding diaryl/α,β-unsaturated/α-hetero) is 1. The zero-order chi connectivity index (χ0) is 18.6. The van der Waals surface area contributed by atoms with Crippen LogP contribution >= 0.6 is 0 Å². The standard InChI is InChI=1S/C17H25N3O5/c1-3-4-12(22)6-10(2)5-11-8-20(17(24)19-16(11)18)15-7-13(23)14(9-21)25-15/h5,8,13-15,21,23H,3-4,6-7,9H2,1-2H3,(H2,18,19,24)/t13?,14-,15-/m1/s1. The number of nitrogens with two attached hydrogens (primary N) is 1. The number of nitrogen functional groups attached to an aromatic ring is 1. The van der Waals surface area contributed by atoms with Crippen molar-refractivity contribution < 1.29 is 19.7 Å². The Morgan fingerprint density at radius 3 is 2.88 bits per heavy atom. The van der Waals surface area contributed by atoms with E-state index in [0.29, 0.717) is 18.4 Å². The molecule has 2 rings (SSSR count). The molecule has 8 heteroatoms. The number of hydrogen-bond donors (Lipinski definition) is 3. The minimum absolute atomic E-state index is 0.0702. The first-order chi connectivity index (χ1) is 11.8. The highest BCUT2D eigenvalue weighted by atomic mass is 16.5. The van der Waals surface area contributed by atoms with E-state index in [0.717, 1.165) is 12.0 Å². The highest BCUT2D eigenvalue weighted by Gasteiger charge is 2.35. The molecule has 0 aromatic carbocycles. The van der Waals surface area contributed by atoms with Gasteiger partial charge in [0.25, 0.3) is 0 Å². The second-order valence-corrected chi connectivity index (χ2v) is 6.34. The van der Waals surface area contributed by atoms with Crippen LogP contribution in [0.3, 0.4) is 0 Å². The Bertz CT molecular complexity index is 713. The number of carbonyl (C=O) groups excluding carboxylic acids is 1. The number of nitrogens with zero attached hydrogens (tertiary/aromatic N) is 2. The van der Waals surface area contributed by atoms with Crippen LogP contribution in [0.15, 0.2) is 16.6 Å². The van der Waals surface area contributed by atoms with Crippen LogP contribution in [-0.4, -0.2) is 44.4 Å². The maximum atomic E-state index is 12.1. The SMILES string of the molecule is CCCC(=O)CC(C)=Cc1cn([C@H]2CC(O)[C@@H](CO)O2)c(=O)nc1N. The summed E-state index contributed by atoms with van der Waals surface area (Å²) in [5.74, 6) is 0.213. The smallest absolute Gasteiger partial charge is 0.351 e. The normalized spacial score (nSPS) is 23.8. The van der Waals surface area contributed by atoms with Crippen LogP contribution in [0.4, 0.5) is 5.82 Å². The average molecular weight is 351 g/mol. The Kier molecular flexibility index (Phi) is 6.46. The molecule has 1 aromatic rings. The molecule has 1 aliphatic rings. The third kappa shape index (κ3) is 4.75. The van der Waals surface area contributed by atoms with Crippen LogP contribution < -0.4 is 11.4 Å². The number of rotatable bonds is 7. The number of aliphatic hydroxyl groups excluding tert-OH is 2. The first-order valence-corrected chi connectivity index (χ1v) is 8.37. The predicted molar refractivity (Wildman–Crippen MR) is 92.7 cm³/mol. The lowest BCUT2D eigenvalue weighted by atomic mass is 10.1. The van der Waals surface area contributed by atoms with Gasteiger partial charge < -0.3 is 20.7 Å². The summed E-state index contributed by atoms with van der Waals surface area (Å²) in [4.78, 5) is 27.6. The minimum atomic E-state index is -0.855. The Balaban J connectivity index is 2.26. The maximum absolute atomic E-state index is 12.1. The van der Waals surface area contributed by atoms with Gasteiger partial charge in [-0.3, -0.25) is 9.36 Å². The molecule has 25 heavy (non-hydrogen) atoms. The number of allylic oxidation sites excluding steroid dienone is 1. The van der Waals surface area contributed by atoms with E-state index in [2.05, 4.69) is 4.98 Å². The highest BCUT2D eigenvalue weighted by Crippen LogP contribution is 2.28. The first kappa shape index (κ1) is 19.3. The summed E-state index contributed by atoms with van der Waals surface area (Å²) < 4.78 is 6.75. The van der Waals surface area contributed by atoms with Crippen molar-refractivity contribution in [3.63, 3.8) is 0 Å². The first-order valence-electron chi connectivity index (χ1n) is 8.37. The molecule has 2 heterocycles. The largest absolute Gasteiger partial charge is 0.394 e. The molecule has 3 atom stereocenters. The van der Waals surface area contributed by atoms with E-state index in [1.165, 1.54) is 10.8 Å². The molecule has 0 amide bonds. The number of anilines is 1. The molecule has 1 saturated heterocycles. The van der Waals surface area contributed by atoms with E-state index in [1.807, 2.05) is 13.8 Å². The molecular formula is C17H25N3O5. The Labute approximate surface area is 145 Å². The number of hydrogen-bond acceptors (Lipinski definition) is 7. The van der Waals surface area contributed by atoms with Gasteiger partial charge in [-0.05, 0) is 13.3 Å².